The standard InChI is InChI=1S/C23H15ClN4O/c24-19-13-11-16(12-14-19)20-15-29-27-23(20)28-22(18-9-5-2-6-10-18)25-21(26-28)17-7-3-1-4-8-17/h1-15H. The Balaban J connectivity index is 1.70. The van der Waals surface area contributed by atoms with Crippen LogP contribution < -0.4 is 0 Å². The minimum absolute atomic E-state index is 0.570. The Bertz CT molecular complexity index is 1250. The molecule has 0 N–H and O–H groups in total. The van der Waals surface area contributed by atoms with Gasteiger partial charge in [-0.15, -0.1) is 5.10 Å². The van der Waals surface area contributed by atoms with Crippen molar-refractivity contribution in [3.05, 3.63) is 96.2 Å². The summed E-state index contributed by atoms with van der Waals surface area (Å²) in [7, 11) is 0. The fourth-order valence-electron chi connectivity index (χ4n) is 3.15. The van der Waals surface area contributed by atoms with Crippen molar-refractivity contribution in [2.45, 2.75) is 0 Å². The lowest BCUT2D eigenvalue weighted by molar-refractivity contribution is 0.415. The van der Waals surface area contributed by atoms with Gasteiger partial charge in [0.2, 0.25) is 5.82 Å². The van der Waals surface area contributed by atoms with Crippen molar-refractivity contribution < 1.29 is 4.52 Å². The lowest BCUT2D eigenvalue weighted by atomic mass is 10.1. The summed E-state index contributed by atoms with van der Waals surface area (Å²) in [5.41, 5.74) is 3.61. The number of nitrogens with zero attached hydrogens (tertiary/aromatic N) is 4. The van der Waals surface area contributed by atoms with Crippen LogP contribution >= 0.6 is 11.6 Å². The number of rotatable bonds is 4. The average Bonchev–Trinajstić information content (AvgIpc) is 3.43. The van der Waals surface area contributed by atoms with Gasteiger partial charge in [0.25, 0.3) is 0 Å². The van der Waals surface area contributed by atoms with E-state index >= 15 is 0 Å². The van der Waals surface area contributed by atoms with E-state index in [-0.39, 0.29) is 0 Å². The maximum absolute atomic E-state index is 6.04. The highest BCUT2D eigenvalue weighted by molar-refractivity contribution is 6.30. The van der Waals surface area contributed by atoms with Crippen LogP contribution in [0.3, 0.4) is 0 Å². The van der Waals surface area contributed by atoms with Gasteiger partial charge in [0, 0.05) is 16.1 Å². The van der Waals surface area contributed by atoms with E-state index in [1.165, 1.54) is 0 Å². The molecule has 6 heteroatoms. The molecule has 29 heavy (non-hydrogen) atoms. The lowest BCUT2D eigenvalue weighted by Crippen LogP contribution is -2.02. The van der Waals surface area contributed by atoms with Gasteiger partial charge >= 0.3 is 0 Å². The van der Waals surface area contributed by atoms with Gasteiger partial charge in [0.15, 0.2) is 11.6 Å². The third-order valence-electron chi connectivity index (χ3n) is 4.58. The maximum Gasteiger partial charge on any atom is 0.206 e. The minimum atomic E-state index is 0.570. The molecular formula is C23H15ClN4O. The zero-order chi connectivity index (χ0) is 19.6. The molecule has 5 nitrogen and oxygen atoms in total. The normalized spacial score (nSPS) is 10.9. The van der Waals surface area contributed by atoms with Crippen molar-refractivity contribution in [1.82, 2.24) is 19.9 Å². The van der Waals surface area contributed by atoms with Gasteiger partial charge in [0.1, 0.15) is 6.26 Å². The predicted octanol–water partition coefficient (Wildman–Crippen LogP) is 5.91. The molecule has 0 amide bonds. The summed E-state index contributed by atoms with van der Waals surface area (Å²) in [4.78, 5) is 4.80. The van der Waals surface area contributed by atoms with Gasteiger partial charge in [-0.25, -0.2) is 4.98 Å². The van der Waals surface area contributed by atoms with Crippen LogP contribution in [0.25, 0.3) is 39.7 Å². The molecule has 0 atom stereocenters. The van der Waals surface area contributed by atoms with Crippen LogP contribution in [0.15, 0.2) is 95.7 Å². The monoisotopic (exact) mass is 398 g/mol. The molecule has 0 saturated heterocycles. The molecule has 0 aliphatic heterocycles. The second kappa shape index (κ2) is 7.37. The van der Waals surface area contributed by atoms with E-state index in [2.05, 4.69) is 5.16 Å². The van der Waals surface area contributed by atoms with Crippen molar-refractivity contribution in [3.8, 4) is 39.7 Å². The summed E-state index contributed by atoms with van der Waals surface area (Å²) >= 11 is 6.04. The van der Waals surface area contributed by atoms with E-state index in [1.807, 2.05) is 84.9 Å². The molecule has 0 aliphatic rings. The summed E-state index contributed by atoms with van der Waals surface area (Å²) in [5.74, 6) is 1.88. The second-order valence-electron chi connectivity index (χ2n) is 6.46. The van der Waals surface area contributed by atoms with E-state index in [0.717, 1.165) is 22.3 Å². The van der Waals surface area contributed by atoms with E-state index in [0.29, 0.717) is 22.5 Å². The van der Waals surface area contributed by atoms with Crippen molar-refractivity contribution >= 4 is 11.6 Å². The van der Waals surface area contributed by atoms with Crippen LogP contribution in [0.4, 0.5) is 0 Å². The molecule has 2 aromatic heterocycles. The lowest BCUT2D eigenvalue weighted by Gasteiger charge is -2.05. The van der Waals surface area contributed by atoms with Crippen molar-refractivity contribution in [1.29, 1.82) is 0 Å². The summed E-state index contributed by atoms with van der Waals surface area (Å²) < 4.78 is 7.05. The average molecular weight is 399 g/mol. The van der Waals surface area contributed by atoms with Crippen LogP contribution in [0.5, 0.6) is 0 Å². The number of aromatic nitrogens is 4. The molecule has 5 aromatic rings. The zero-order valence-electron chi connectivity index (χ0n) is 15.2. The quantitative estimate of drug-likeness (QED) is 0.377. The Morgan fingerprint density at radius 1 is 0.724 bits per heavy atom. The van der Waals surface area contributed by atoms with Crippen LogP contribution in [0.1, 0.15) is 0 Å². The number of hydrogen-bond donors (Lipinski definition) is 0. The first kappa shape index (κ1) is 17.4. The molecule has 2 heterocycles. The third-order valence-corrected chi connectivity index (χ3v) is 4.83. The first-order valence-corrected chi connectivity index (χ1v) is 9.46. The van der Waals surface area contributed by atoms with Gasteiger partial charge in [0.05, 0.1) is 5.56 Å². The molecule has 3 aromatic carbocycles. The molecule has 0 saturated carbocycles. The molecule has 140 valence electrons. The van der Waals surface area contributed by atoms with E-state index in [9.17, 15) is 0 Å². The predicted molar refractivity (Wildman–Crippen MR) is 113 cm³/mol. The van der Waals surface area contributed by atoms with Gasteiger partial charge in [-0.3, -0.25) is 0 Å². The largest absolute Gasteiger partial charge is 0.362 e. The van der Waals surface area contributed by atoms with E-state index in [1.54, 1.807) is 10.9 Å². The first-order chi connectivity index (χ1) is 14.3. The topological polar surface area (TPSA) is 56.7 Å². The van der Waals surface area contributed by atoms with Gasteiger partial charge in [-0.05, 0) is 17.7 Å². The van der Waals surface area contributed by atoms with Gasteiger partial charge in [-0.2, -0.15) is 4.68 Å². The summed E-state index contributed by atoms with van der Waals surface area (Å²) in [6.07, 6.45) is 1.61. The molecule has 0 radical (unpaired) electrons. The molecule has 0 fully saturated rings. The highest BCUT2D eigenvalue weighted by atomic mass is 35.5. The van der Waals surface area contributed by atoms with Crippen LogP contribution in [0.2, 0.25) is 5.02 Å². The summed E-state index contributed by atoms with van der Waals surface area (Å²) in [6.45, 7) is 0. The Labute approximate surface area is 172 Å². The molecule has 5 rings (SSSR count). The Hall–Kier alpha value is -3.70. The first-order valence-electron chi connectivity index (χ1n) is 9.08. The molecule has 0 unspecified atom stereocenters. The van der Waals surface area contributed by atoms with Crippen LogP contribution in [0, 0.1) is 0 Å². The second-order valence-corrected chi connectivity index (χ2v) is 6.90. The molecule has 0 aliphatic carbocycles. The smallest absolute Gasteiger partial charge is 0.206 e. The highest BCUT2D eigenvalue weighted by Gasteiger charge is 2.20. The summed E-state index contributed by atoms with van der Waals surface area (Å²) in [5, 5.41) is 9.66. The van der Waals surface area contributed by atoms with Gasteiger partial charge in [-0.1, -0.05) is 89.6 Å². The highest BCUT2D eigenvalue weighted by Crippen LogP contribution is 2.31. The Morgan fingerprint density at radius 3 is 2.07 bits per heavy atom. The van der Waals surface area contributed by atoms with Crippen LogP contribution in [-0.4, -0.2) is 19.9 Å². The fraction of sp³-hybridized carbons (Fsp3) is 0. The SMILES string of the molecule is Clc1ccc(-c2conc2-n2nc(-c3ccccc3)nc2-c2ccccc2)cc1. The number of hydrogen-bond acceptors (Lipinski definition) is 4. The number of benzene rings is 3. The summed E-state index contributed by atoms with van der Waals surface area (Å²) in [6, 6.07) is 27.3. The zero-order valence-corrected chi connectivity index (χ0v) is 16.0. The number of halogens is 1. The van der Waals surface area contributed by atoms with Crippen LogP contribution in [-0.2, 0) is 0 Å². The van der Waals surface area contributed by atoms with Crippen molar-refractivity contribution in [2.75, 3.05) is 0 Å². The van der Waals surface area contributed by atoms with Crippen molar-refractivity contribution in [3.63, 3.8) is 0 Å². The molecule has 0 bridgehead atoms. The maximum atomic E-state index is 6.04. The Kier molecular flexibility index (Phi) is 4.42. The minimum Gasteiger partial charge on any atom is -0.362 e. The fourth-order valence-corrected chi connectivity index (χ4v) is 3.28. The molecular weight excluding hydrogens is 384 g/mol. The molecule has 0 spiro atoms. The van der Waals surface area contributed by atoms with E-state index < -0.39 is 0 Å². The van der Waals surface area contributed by atoms with E-state index in [4.69, 9.17) is 26.2 Å². The van der Waals surface area contributed by atoms with Gasteiger partial charge < -0.3 is 4.52 Å². The third kappa shape index (κ3) is 3.32. The Morgan fingerprint density at radius 2 is 1.38 bits per heavy atom. The van der Waals surface area contributed by atoms with Crippen molar-refractivity contribution in [2.24, 2.45) is 0 Å².